The van der Waals surface area contributed by atoms with Gasteiger partial charge >= 0.3 is 0 Å². The Kier molecular flexibility index (Phi) is 5.82. The minimum Gasteiger partial charge on any atom is -0.329 e. The maximum absolute atomic E-state index is 12.7. The van der Waals surface area contributed by atoms with E-state index in [1.807, 2.05) is 6.92 Å². The average Bonchev–Trinajstić information content (AvgIpc) is 2.56. The first-order valence-corrected chi connectivity index (χ1v) is 12.8. The van der Waals surface area contributed by atoms with Gasteiger partial charge in [-0.25, -0.2) is 0 Å². The van der Waals surface area contributed by atoms with Crippen LogP contribution in [0.4, 0.5) is 5.69 Å². The van der Waals surface area contributed by atoms with Gasteiger partial charge in [-0.2, -0.15) is 0 Å². The van der Waals surface area contributed by atoms with Crippen molar-refractivity contribution in [2.45, 2.75) is 13.3 Å². The maximum Gasteiger partial charge on any atom is 0.258 e. The van der Waals surface area contributed by atoms with Crippen molar-refractivity contribution in [2.75, 3.05) is 18.4 Å². The van der Waals surface area contributed by atoms with Gasteiger partial charge in [0.2, 0.25) is 5.91 Å². The lowest BCUT2D eigenvalue weighted by Crippen LogP contribution is -2.36. The highest BCUT2D eigenvalue weighted by molar-refractivity contribution is 8.63. The lowest BCUT2D eigenvalue weighted by atomic mass is 10.2. The molecule has 2 amide bonds. The molecule has 1 aliphatic heterocycles. The van der Waals surface area contributed by atoms with E-state index in [4.69, 9.17) is 0 Å². The van der Waals surface area contributed by atoms with E-state index in [1.165, 1.54) is 0 Å². The summed E-state index contributed by atoms with van der Waals surface area (Å²) in [6, 6.07) is 1.70. The number of nitrogens with zero attached hydrogens (tertiary/aromatic N) is 2. The van der Waals surface area contributed by atoms with E-state index >= 15 is 0 Å². The zero-order valence-corrected chi connectivity index (χ0v) is 15.3. The molecule has 1 aromatic rings. The average molecular weight is 347 g/mol. The number of carbonyl (C=O) groups excluding carboxylic acids is 2. The van der Waals surface area contributed by atoms with Crippen LogP contribution in [-0.4, -0.2) is 34.8 Å². The van der Waals surface area contributed by atoms with Gasteiger partial charge in [0.05, 0.1) is 16.7 Å². The van der Waals surface area contributed by atoms with Crippen LogP contribution in [0, 0.1) is 0 Å². The van der Waals surface area contributed by atoms with E-state index in [0.29, 0.717) is 25.8 Å². The normalized spacial score (nSPS) is 17.1. The summed E-state index contributed by atoms with van der Waals surface area (Å²) < 4.78 is 0. The first kappa shape index (κ1) is 16.2. The molecule has 20 heavy (non-hydrogen) atoms. The second-order valence-corrected chi connectivity index (χ2v) is 13.4. The van der Waals surface area contributed by atoms with Crippen LogP contribution >= 0.6 is 33.1 Å². The number of fused-ring (bicyclic) bond motifs is 1. The van der Waals surface area contributed by atoms with Gasteiger partial charge < -0.3 is 10.2 Å². The third-order valence-corrected chi connectivity index (χ3v) is 12.7. The molecular weight excluding hydrogens is 330 g/mol. The molecule has 0 bridgehead atoms. The number of pyridine rings is 1. The van der Waals surface area contributed by atoms with Crippen molar-refractivity contribution in [3.05, 3.63) is 17.8 Å². The Morgan fingerprint density at radius 2 is 2.30 bits per heavy atom. The van der Waals surface area contributed by atoms with Crippen molar-refractivity contribution in [3.63, 3.8) is 0 Å². The van der Waals surface area contributed by atoms with Gasteiger partial charge in [0.1, 0.15) is 6.54 Å². The molecule has 4 atom stereocenters. The van der Waals surface area contributed by atoms with Crippen LogP contribution < -0.4 is 10.8 Å². The Balaban J connectivity index is 2.52. The molecule has 0 spiro atoms. The summed E-state index contributed by atoms with van der Waals surface area (Å²) in [5.74, 6) is -0.245. The largest absolute Gasteiger partial charge is 0.329 e. The summed E-state index contributed by atoms with van der Waals surface area (Å²) in [7, 11) is 5.51. The summed E-state index contributed by atoms with van der Waals surface area (Å²) >= 11 is 0. The lowest BCUT2D eigenvalue weighted by molar-refractivity contribution is -0.116. The molecule has 5 nitrogen and oxygen atoms in total. The van der Waals surface area contributed by atoms with Crippen LogP contribution in [0.5, 0.6) is 0 Å². The third kappa shape index (κ3) is 3.34. The molecule has 1 aliphatic rings. The molecule has 1 aromatic heterocycles. The fourth-order valence-electron chi connectivity index (χ4n) is 2.05. The minimum atomic E-state index is -0.572. The summed E-state index contributed by atoms with van der Waals surface area (Å²) in [4.78, 5) is 30.6. The van der Waals surface area contributed by atoms with Crippen molar-refractivity contribution in [2.24, 2.45) is 0 Å². The standard InChI is InChI=1S/C11H17N3O2P4/c1-2-5-14-6-8(15)13-7-3-4-12-10(20(18)19-17)9(7)11(14)16/h3-4,19H,2,5-6,17-18H2,1H3,(H,13,15). The van der Waals surface area contributed by atoms with Crippen molar-refractivity contribution in [3.8, 4) is 0 Å². The maximum atomic E-state index is 12.7. The topological polar surface area (TPSA) is 62.3 Å². The fourth-order valence-corrected chi connectivity index (χ4v) is 5.39. The molecule has 4 unspecified atom stereocenters. The monoisotopic (exact) mass is 347 g/mol. The van der Waals surface area contributed by atoms with E-state index in [-0.39, 0.29) is 18.4 Å². The Morgan fingerprint density at radius 1 is 1.55 bits per heavy atom. The number of anilines is 1. The summed E-state index contributed by atoms with van der Waals surface area (Å²) in [6.07, 6.45) is 2.48. The van der Waals surface area contributed by atoms with E-state index in [2.05, 4.69) is 28.2 Å². The molecule has 0 aromatic carbocycles. The lowest BCUT2D eigenvalue weighted by Gasteiger charge is -2.20. The van der Waals surface area contributed by atoms with Crippen LogP contribution in [0.25, 0.3) is 0 Å². The first-order chi connectivity index (χ1) is 9.58. The Hall–Kier alpha value is -0.190. The predicted molar refractivity (Wildman–Crippen MR) is 93.4 cm³/mol. The third-order valence-electron chi connectivity index (χ3n) is 2.90. The van der Waals surface area contributed by atoms with E-state index in [1.54, 1.807) is 17.2 Å². The molecule has 2 heterocycles. The number of aromatic nitrogens is 1. The van der Waals surface area contributed by atoms with Crippen LogP contribution in [-0.2, 0) is 4.79 Å². The number of hydrogen-bond donors (Lipinski definition) is 1. The quantitative estimate of drug-likeness (QED) is 0.850. The summed E-state index contributed by atoms with van der Waals surface area (Å²) in [5, 5.41) is 2.82. The Labute approximate surface area is 125 Å². The van der Waals surface area contributed by atoms with E-state index in [0.717, 1.165) is 11.9 Å². The Bertz CT molecular complexity index is 540. The molecule has 0 saturated heterocycles. The smallest absolute Gasteiger partial charge is 0.258 e. The van der Waals surface area contributed by atoms with Crippen LogP contribution in [0.3, 0.4) is 0 Å². The van der Waals surface area contributed by atoms with Crippen LogP contribution in [0.1, 0.15) is 23.7 Å². The molecule has 0 saturated carbocycles. The van der Waals surface area contributed by atoms with Crippen molar-refractivity contribution < 1.29 is 9.59 Å². The summed E-state index contributed by atoms with van der Waals surface area (Å²) in [5.41, 5.74) is 1.94. The molecule has 108 valence electrons. The van der Waals surface area contributed by atoms with Crippen molar-refractivity contribution >= 4 is 56.1 Å². The molecule has 9 heteroatoms. The van der Waals surface area contributed by atoms with Gasteiger partial charge in [-0.1, -0.05) is 14.9 Å². The fraction of sp³-hybridized carbons (Fsp3) is 0.364. The minimum absolute atomic E-state index is 0.0958. The van der Waals surface area contributed by atoms with E-state index < -0.39 is 7.30 Å². The number of nitrogens with one attached hydrogen (secondary N) is 1. The van der Waals surface area contributed by atoms with Gasteiger partial charge in [-0.15, -0.1) is 17.9 Å². The second-order valence-electron chi connectivity index (χ2n) is 4.33. The van der Waals surface area contributed by atoms with Crippen LogP contribution in [0.15, 0.2) is 12.3 Å². The SMILES string of the molecule is CCCN1CC(=O)Nc2ccnc(P(P)PP)c2C1=O. The zero-order chi connectivity index (χ0) is 14.7. The number of amides is 2. The van der Waals surface area contributed by atoms with E-state index in [9.17, 15) is 9.59 Å². The van der Waals surface area contributed by atoms with Gasteiger partial charge in [0.25, 0.3) is 5.91 Å². The number of rotatable bonds is 4. The highest BCUT2D eigenvalue weighted by Gasteiger charge is 2.29. The van der Waals surface area contributed by atoms with Crippen molar-refractivity contribution in [1.82, 2.24) is 9.88 Å². The first-order valence-electron chi connectivity index (χ1n) is 6.17. The highest BCUT2D eigenvalue weighted by atomic mass is 32.6. The molecular formula is C11H17N3O2P4. The van der Waals surface area contributed by atoms with Gasteiger partial charge in [-0.05, 0) is 19.8 Å². The Morgan fingerprint density at radius 3 is 2.95 bits per heavy atom. The van der Waals surface area contributed by atoms with Crippen LogP contribution in [0.2, 0.25) is 0 Å². The molecule has 0 fully saturated rings. The number of hydrogen-bond acceptors (Lipinski definition) is 3. The molecule has 1 N–H and O–H groups in total. The highest BCUT2D eigenvalue weighted by Crippen LogP contribution is 2.65. The predicted octanol–water partition coefficient (Wildman–Crippen LogP) is 2.17. The van der Waals surface area contributed by atoms with Gasteiger partial charge in [0, 0.05) is 12.7 Å². The van der Waals surface area contributed by atoms with Gasteiger partial charge in [-0.3, -0.25) is 14.6 Å². The number of carbonyl (C=O) groups is 2. The molecule has 2 rings (SSSR count). The second kappa shape index (κ2) is 7.19. The zero-order valence-electron chi connectivity index (χ0n) is 11.1. The van der Waals surface area contributed by atoms with Crippen molar-refractivity contribution in [1.29, 1.82) is 0 Å². The molecule has 0 aliphatic carbocycles. The summed E-state index contributed by atoms with van der Waals surface area (Å²) in [6.45, 7) is 2.68. The van der Waals surface area contributed by atoms with Gasteiger partial charge in [0.15, 0.2) is 0 Å². The molecule has 0 radical (unpaired) electrons.